The van der Waals surface area contributed by atoms with Crippen LogP contribution in [0.1, 0.15) is 57.1 Å². The third-order valence-electron chi connectivity index (χ3n) is 5.42. The summed E-state index contributed by atoms with van der Waals surface area (Å²) >= 11 is 0. The van der Waals surface area contributed by atoms with Crippen molar-refractivity contribution in [3.63, 3.8) is 0 Å². The predicted molar refractivity (Wildman–Crippen MR) is 121 cm³/mol. The summed E-state index contributed by atoms with van der Waals surface area (Å²) in [5.74, 6) is 1.81. The summed E-state index contributed by atoms with van der Waals surface area (Å²) in [6.07, 6.45) is 7.29. The van der Waals surface area contributed by atoms with Crippen molar-refractivity contribution in [2.75, 3.05) is 53.6 Å². The molecule has 0 saturated carbocycles. The third kappa shape index (κ3) is 8.62. The Bertz CT molecular complexity index is 571. The van der Waals surface area contributed by atoms with Gasteiger partial charge < -0.3 is 20.1 Å². The number of methoxy groups -OCH3 is 2. The molecule has 1 fully saturated rings. The van der Waals surface area contributed by atoms with Crippen molar-refractivity contribution < 1.29 is 9.47 Å². The summed E-state index contributed by atoms with van der Waals surface area (Å²) in [6.45, 7) is 7.81. The van der Waals surface area contributed by atoms with Gasteiger partial charge in [0.25, 0.3) is 0 Å². The average molecular weight is 405 g/mol. The minimum atomic E-state index is 0.304. The highest BCUT2D eigenvalue weighted by Crippen LogP contribution is 2.26. The molecule has 1 atom stereocenters. The van der Waals surface area contributed by atoms with E-state index >= 15 is 0 Å². The van der Waals surface area contributed by atoms with E-state index in [1.807, 2.05) is 0 Å². The molecule has 164 valence electrons. The van der Waals surface area contributed by atoms with Crippen LogP contribution in [0.2, 0.25) is 0 Å². The molecular formula is C23H40N4O2. The number of benzene rings is 1. The molecule has 0 amide bonds. The van der Waals surface area contributed by atoms with Gasteiger partial charge in [0, 0.05) is 26.8 Å². The Hall–Kier alpha value is -1.79. The lowest BCUT2D eigenvalue weighted by Gasteiger charge is -2.34. The second-order valence-electron chi connectivity index (χ2n) is 7.59. The number of guanidine groups is 1. The van der Waals surface area contributed by atoms with E-state index in [1.54, 1.807) is 14.2 Å². The van der Waals surface area contributed by atoms with Crippen LogP contribution >= 0.6 is 0 Å². The van der Waals surface area contributed by atoms with Crippen molar-refractivity contribution in [3.05, 3.63) is 29.8 Å². The number of nitrogens with one attached hydrogen (secondary N) is 2. The maximum Gasteiger partial charge on any atom is 0.191 e. The van der Waals surface area contributed by atoms with Crippen LogP contribution in [0, 0.1) is 0 Å². The van der Waals surface area contributed by atoms with Crippen LogP contribution < -0.4 is 15.4 Å². The van der Waals surface area contributed by atoms with E-state index in [9.17, 15) is 0 Å². The Morgan fingerprint density at radius 3 is 2.45 bits per heavy atom. The van der Waals surface area contributed by atoms with Crippen molar-refractivity contribution in [2.24, 2.45) is 4.99 Å². The van der Waals surface area contributed by atoms with Crippen molar-refractivity contribution >= 4 is 5.96 Å². The standard InChI is InChI=1S/C23H40N4O2/c1-4-24-23(25-15-7-5-10-18-28-2)26-19-22(27-16-8-6-9-17-27)20-11-13-21(29-3)14-12-20/h11-14,22H,4-10,15-19H2,1-3H3,(H2,24,25,26). The average Bonchev–Trinajstić information content (AvgIpc) is 2.77. The number of unbranched alkanes of at least 4 members (excludes halogenated alkanes) is 2. The smallest absolute Gasteiger partial charge is 0.191 e. The summed E-state index contributed by atoms with van der Waals surface area (Å²) < 4.78 is 10.5. The van der Waals surface area contributed by atoms with Gasteiger partial charge in [0.15, 0.2) is 5.96 Å². The predicted octanol–water partition coefficient (Wildman–Crippen LogP) is 3.59. The Balaban J connectivity index is 1.99. The molecule has 1 aromatic carbocycles. The molecule has 1 heterocycles. The molecule has 0 aliphatic carbocycles. The normalized spacial score (nSPS) is 16.4. The summed E-state index contributed by atoms with van der Waals surface area (Å²) in [6, 6.07) is 8.78. The number of nitrogens with zero attached hydrogens (tertiary/aromatic N) is 2. The van der Waals surface area contributed by atoms with Crippen LogP contribution in [-0.4, -0.2) is 64.4 Å². The monoisotopic (exact) mass is 404 g/mol. The lowest BCUT2D eigenvalue weighted by atomic mass is 10.0. The van der Waals surface area contributed by atoms with Gasteiger partial charge in [0.05, 0.1) is 19.7 Å². The van der Waals surface area contributed by atoms with Crippen LogP contribution in [0.25, 0.3) is 0 Å². The number of ether oxygens (including phenoxy) is 2. The second kappa shape index (κ2) is 14.2. The molecule has 1 saturated heterocycles. The highest BCUT2D eigenvalue weighted by molar-refractivity contribution is 5.79. The molecule has 0 bridgehead atoms. The molecule has 29 heavy (non-hydrogen) atoms. The number of hydrogen-bond donors (Lipinski definition) is 2. The Morgan fingerprint density at radius 1 is 1.03 bits per heavy atom. The molecule has 2 N–H and O–H groups in total. The molecule has 1 aliphatic heterocycles. The van der Waals surface area contributed by atoms with Gasteiger partial charge >= 0.3 is 0 Å². The molecule has 2 rings (SSSR count). The maximum absolute atomic E-state index is 5.33. The molecule has 1 aromatic rings. The van der Waals surface area contributed by atoms with Crippen LogP contribution in [0.4, 0.5) is 0 Å². The SMILES string of the molecule is CCNC(=NCC(c1ccc(OC)cc1)N1CCCCC1)NCCCCCOC. The fourth-order valence-corrected chi connectivity index (χ4v) is 3.76. The van der Waals surface area contributed by atoms with E-state index in [4.69, 9.17) is 14.5 Å². The van der Waals surface area contributed by atoms with E-state index in [1.165, 1.54) is 31.2 Å². The van der Waals surface area contributed by atoms with Crippen molar-refractivity contribution in [3.8, 4) is 5.75 Å². The lowest BCUT2D eigenvalue weighted by Crippen LogP contribution is -2.40. The van der Waals surface area contributed by atoms with Crippen molar-refractivity contribution in [1.82, 2.24) is 15.5 Å². The van der Waals surface area contributed by atoms with Gasteiger partial charge in [0.1, 0.15) is 5.75 Å². The zero-order valence-electron chi connectivity index (χ0n) is 18.6. The van der Waals surface area contributed by atoms with Crippen LogP contribution in [-0.2, 0) is 4.74 Å². The minimum absolute atomic E-state index is 0.304. The fraction of sp³-hybridized carbons (Fsp3) is 0.696. The zero-order chi connectivity index (χ0) is 20.7. The maximum atomic E-state index is 5.33. The van der Waals surface area contributed by atoms with Gasteiger partial charge in [-0.2, -0.15) is 0 Å². The zero-order valence-corrected chi connectivity index (χ0v) is 18.6. The van der Waals surface area contributed by atoms with E-state index in [-0.39, 0.29) is 0 Å². The molecule has 0 radical (unpaired) electrons. The van der Waals surface area contributed by atoms with Gasteiger partial charge in [-0.3, -0.25) is 9.89 Å². The number of rotatable bonds is 12. The first-order valence-electron chi connectivity index (χ1n) is 11.2. The summed E-state index contributed by atoms with van der Waals surface area (Å²) in [5.41, 5.74) is 1.31. The van der Waals surface area contributed by atoms with Gasteiger partial charge in [0.2, 0.25) is 0 Å². The van der Waals surface area contributed by atoms with Gasteiger partial charge in [-0.25, -0.2) is 0 Å². The van der Waals surface area contributed by atoms with Gasteiger partial charge in [-0.1, -0.05) is 18.6 Å². The van der Waals surface area contributed by atoms with Crippen LogP contribution in [0.15, 0.2) is 29.3 Å². The number of aliphatic imine (C=N–C) groups is 1. The number of hydrogen-bond acceptors (Lipinski definition) is 4. The van der Waals surface area contributed by atoms with E-state index in [0.717, 1.165) is 63.9 Å². The summed E-state index contributed by atoms with van der Waals surface area (Å²) in [4.78, 5) is 7.53. The highest BCUT2D eigenvalue weighted by Gasteiger charge is 2.22. The van der Waals surface area contributed by atoms with Gasteiger partial charge in [-0.15, -0.1) is 0 Å². The van der Waals surface area contributed by atoms with Crippen LogP contribution in [0.5, 0.6) is 5.75 Å². The lowest BCUT2D eigenvalue weighted by molar-refractivity contribution is 0.167. The van der Waals surface area contributed by atoms with Crippen LogP contribution in [0.3, 0.4) is 0 Å². The topological polar surface area (TPSA) is 58.1 Å². The molecule has 0 spiro atoms. The number of likely N-dealkylation sites (tertiary alicyclic amines) is 1. The third-order valence-corrected chi connectivity index (χ3v) is 5.42. The number of piperidine rings is 1. The molecule has 1 aliphatic rings. The first kappa shape index (κ1) is 23.5. The first-order valence-corrected chi connectivity index (χ1v) is 11.2. The highest BCUT2D eigenvalue weighted by atomic mass is 16.5. The summed E-state index contributed by atoms with van der Waals surface area (Å²) in [7, 11) is 3.47. The van der Waals surface area contributed by atoms with Gasteiger partial charge in [-0.05, 0) is 69.8 Å². The molecule has 0 aromatic heterocycles. The van der Waals surface area contributed by atoms with Crippen molar-refractivity contribution in [1.29, 1.82) is 0 Å². The molecular weight excluding hydrogens is 364 g/mol. The quantitative estimate of drug-likeness (QED) is 0.317. The second-order valence-corrected chi connectivity index (χ2v) is 7.59. The van der Waals surface area contributed by atoms with E-state index < -0.39 is 0 Å². The Labute approximate surface area is 177 Å². The molecule has 6 nitrogen and oxygen atoms in total. The summed E-state index contributed by atoms with van der Waals surface area (Å²) in [5, 5.41) is 6.87. The first-order chi connectivity index (χ1) is 14.3. The fourth-order valence-electron chi connectivity index (χ4n) is 3.76. The molecule has 6 heteroatoms. The Morgan fingerprint density at radius 2 is 1.79 bits per heavy atom. The minimum Gasteiger partial charge on any atom is -0.497 e. The molecule has 1 unspecified atom stereocenters. The van der Waals surface area contributed by atoms with E-state index in [2.05, 4.69) is 46.7 Å². The largest absolute Gasteiger partial charge is 0.497 e. The van der Waals surface area contributed by atoms with Crippen molar-refractivity contribution in [2.45, 2.75) is 51.5 Å². The van der Waals surface area contributed by atoms with E-state index in [0.29, 0.717) is 6.04 Å². The Kier molecular flexibility index (Phi) is 11.5.